The number of benzene rings is 1. The summed E-state index contributed by atoms with van der Waals surface area (Å²) >= 11 is 0. The van der Waals surface area contributed by atoms with Gasteiger partial charge in [0.1, 0.15) is 11.4 Å². The number of hydrogen-bond donors (Lipinski definition) is 1. The summed E-state index contributed by atoms with van der Waals surface area (Å²) in [7, 11) is 0. The predicted molar refractivity (Wildman–Crippen MR) is 107 cm³/mol. The van der Waals surface area contributed by atoms with Crippen molar-refractivity contribution in [2.45, 2.75) is 46.6 Å². The van der Waals surface area contributed by atoms with Crippen LogP contribution in [0.25, 0.3) is 0 Å². The van der Waals surface area contributed by atoms with E-state index in [1.54, 1.807) is 6.07 Å². The minimum absolute atomic E-state index is 0.0175. The van der Waals surface area contributed by atoms with E-state index in [1.165, 1.54) is 0 Å². The van der Waals surface area contributed by atoms with Crippen LogP contribution < -0.4 is 10.1 Å². The molecule has 0 unspecified atom stereocenters. The quantitative estimate of drug-likeness (QED) is 0.857. The van der Waals surface area contributed by atoms with E-state index in [0.717, 1.165) is 43.1 Å². The molecule has 0 radical (unpaired) electrons. The Morgan fingerprint density at radius 3 is 2.48 bits per heavy atom. The first-order valence-electron chi connectivity index (χ1n) is 9.59. The first-order valence-corrected chi connectivity index (χ1v) is 9.59. The number of ether oxygens (including phenoxy) is 1. The van der Waals surface area contributed by atoms with Gasteiger partial charge in [0.2, 0.25) is 5.95 Å². The summed E-state index contributed by atoms with van der Waals surface area (Å²) in [5.74, 6) is 1.91. The van der Waals surface area contributed by atoms with Crippen LogP contribution in [0.3, 0.4) is 0 Å². The molecule has 0 bridgehead atoms. The molecule has 1 aromatic heterocycles. The van der Waals surface area contributed by atoms with Crippen LogP contribution in [0.5, 0.6) is 5.75 Å². The van der Waals surface area contributed by atoms with Crippen molar-refractivity contribution in [2.24, 2.45) is 5.92 Å². The molecule has 1 aliphatic rings. The summed E-state index contributed by atoms with van der Waals surface area (Å²) in [6, 6.07) is 9.39. The highest BCUT2D eigenvalue weighted by molar-refractivity contribution is 5.92. The van der Waals surface area contributed by atoms with Crippen LogP contribution in [-0.4, -0.2) is 40.0 Å². The third-order valence-electron chi connectivity index (χ3n) is 4.63. The number of anilines is 2. The van der Waals surface area contributed by atoms with Crippen molar-refractivity contribution >= 4 is 17.5 Å². The monoisotopic (exact) mass is 368 g/mol. The van der Waals surface area contributed by atoms with Crippen molar-refractivity contribution in [3.05, 3.63) is 41.7 Å². The lowest BCUT2D eigenvalue weighted by Crippen LogP contribution is -2.38. The van der Waals surface area contributed by atoms with Gasteiger partial charge in [-0.25, -0.2) is 9.97 Å². The van der Waals surface area contributed by atoms with E-state index in [0.29, 0.717) is 17.6 Å². The van der Waals surface area contributed by atoms with Crippen LogP contribution >= 0.6 is 0 Å². The molecule has 0 saturated carbocycles. The van der Waals surface area contributed by atoms with Gasteiger partial charge in [0, 0.05) is 24.5 Å². The molecular weight excluding hydrogens is 340 g/mol. The lowest BCUT2D eigenvalue weighted by atomic mass is 9.99. The second kappa shape index (κ2) is 8.37. The van der Waals surface area contributed by atoms with Crippen LogP contribution in [0.15, 0.2) is 30.3 Å². The van der Waals surface area contributed by atoms with E-state index in [-0.39, 0.29) is 12.0 Å². The normalized spacial score (nSPS) is 15.1. The Balaban J connectivity index is 1.72. The highest BCUT2D eigenvalue weighted by Gasteiger charge is 2.23. The molecule has 1 fully saturated rings. The first-order chi connectivity index (χ1) is 12.9. The van der Waals surface area contributed by atoms with E-state index in [4.69, 9.17) is 4.74 Å². The molecular formula is C21H28N4O2. The third kappa shape index (κ3) is 5.18. The maximum absolute atomic E-state index is 12.8. The zero-order valence-electron chi connectivity index (χ0n) is 16.5. The Morgan fingerprint density at radius 2 is 1.85 bits per heavy atom. The maximum Gasteiger partial charge on any atom is 0.272 e. The van der Waals surface area contributed by atoms with Crippen molar-refractivity contribution in [2.75, 3.05) is 18.4 Å². The standard InChI is InChI=1S/C21H28N4O2/c1-14(2)27-18-7-5-17(6-8-18)23-21-22-16(4)13-19(24-21)20(26)25-11-9-15(3)10-12-25/h5-8,13-15H,9-12H2,1-4H3,(H,22,23,24). The number of nitrogens with zero attached hydrogens (tertiary/aromatic N) is 3. The van der Waals surface area contributed by atoms with Gasteiger partial charge in [-0.3, -0.25) is 4.79 Å². The van der Waals surface area contributed by atoms with Gasteiger partial charge >= 0.3 is 0 Å². The number of likely N-dealkylation sites (tertiary alicyclic amines) is 1. The predicted octanol–water partition coefficient (Wildman–Crippen LogP) is 4.19. The van der Waals surface area contributed by atoms with E-state index in [2.05, 4.69) is 22.2 Å². The van der Waals surface area contributed by atoms with Crippen LogP contribution in [-0.2, 0) is 0 Å². The second-order valence-electron chi connectivity index (χ2n) is 7.51. The van der Waals surface area contributed by atoms with Gasteiger partial charge in [-0.2, -0.15) is 0 Å². The van der Waals surface area contributed by atoms with Crippen LogP contribution in [0.2, 0.25) is 0 Å². The highest BCUT2D eigenvalue weighted by Crippen LogP contribution is 2.21. The van der Waals surface area contributed by atoms with Crippen molar-refractivity contribution in [3.63, 3.8) is 0 Å². The minimum Gasteiger partial charge on any atom is -0.491 e. The van der Waals surface area contributed by atoms with Gasteiger partial charge in [-0.05, 0) is 69.9 Å². The zero-order valence-corrected chi connectivity index (χ0v) is 16.5. The number of aryl methyl sites for hydroxylation is 1. The van der Waals surface area contributed by atoms with Gasteiger partial charge in [-0.15, -0.1) is 0 Å². The topological polar surface area (TPSA) is 67.4 Å². The molecule has 1 amide bonds. The summed E-state index contributed by atoms with van der Waals surface area (Å²) in [6.07, 6.45) is 2.23. The molecule has 1 aromatic carbocycles. The zero-order chi connectivity index (χ0) is 19.4. The van der Waals surface area contributed by atoms with Gasteiger partial charge in [-0.1, -0.05) is 6.92 Å². The Bertz CT molecular complexity index is 781. The molecule has 0 spiro atoms. The van der Waals surface area contributed by atoms with Gasteiger partial charge in [0.25, 0.3) is 5.91 Å². The van der Waals surface area contributed by atoms with Gasteiger partial charge in [0.05, 0.1) is 6.10 Å². The summed E-state index contributed by atoms with van der Waals surface area (Å²) in [4.78, 5) is 23.6. The second-order valence-corrected chi connectivity index (χ2v) is 7.51. The molecule has 2 heterocycles. The summed E-state index contributed by atoms with van der Waals surface area (Å²) in [5.41, 5.74) is 2.06. The average molecular weight is 368 g/mol. The maximum atomic E-state index is 12.8. The molecule has 3 rings (SSSR count). The largest absolute Gasteiger partial charge is 0.491 e. The first kappa shape index (κ1) is 19.1. The smallest absolute Gasteiger partial charge is 0.272 e. The minimum atomic E-state index is -0.0175. The molecule has 1 N–H and O–H groups in total. The molecule has 1 aliphatic heterocycles. The van der Waals surface area contributed by atoms with Crippen molar-refractivity contribution in [3.8, 4) is 5.75 Å². The number of carbonyl (C=O) groups is 1. The number of carbonyl (C=O) groups excluding carboxylic acids is 1. The fourth-order valence-corrected chi connectivity index (χ4v) is 3.13. The summed E-state index contributed by atoms with van der Waals surface area (Å²) in [5, 5.41) is 3.18. The van der Waals surface area contributed by atoms with Crippen LogP contribution in [0.1, 0.15) is 49.8 Å². The number of piperidine rings is 1. The lowest BCUT2D eigenvalue weighted by molar-refractivity contribution is 0.0691. The SMILES string of the molecule is Cc1cc(C(=O)N2CCC(C)CC2)nc(Nc2ccc(OC(C)C)cc2)n1. The fourth-order valence-electron chi connectivity index (χ4n) is 3.13. The average Bonchev–Trinajstić information content (AvgIpc) is 2.62. The van der Waals surface area contributed by atoms with Crippen molar-refractivity contribution in [1.29, 1.82) is 0 Å². The molecule has 27 heavy (non-hydrogen) atoms. The molecule has 1 saturated heterocycles. The Hall–Kier alpha value is -2.63. The lowest BCUT2D eigenvalue weighted by Gasteiger charge is -2.30. The summed E-state index contributed by atoms with van der Waals surface area (Å²) < 4.78 is 5.65. The Morgan fingerprint density at radius 1 is 1.19 bits per heavy atom. The molecule has 0 aliphatic carbocycles. The van der Waals surface area contributed by atoms with E-state index < -0.39 is 0 Å². The number of nitrogens with one attached hydrogen (secondary N) is 1. The van der Waals surface area contributed by atoms with E-state index in [9.17, 15) is 4.79 Å². The molecule has 2 aromatic rings. The van der Waals surface area contributed by atoms with E-state index >= 15 is 0 Å². The van der Waals surface area contributed by atoms with Crippen molar-refractivity contribution < 1.29 is 9.53 Å². The molecule has 6 heteroatoms. The van der Waals surface area contributed by atoms with Gasteiger partial charge in [0.15, 0.2) is 0 Å². The van der Waals surface area contributed by atoms with Crippen molar-refractivity contribution in [1.82, 2.24) is 14.9 Å². The third-order valence-corrected chi connectivity index (χ3v) is 4.63. The molecule has 144 valence electrons. The molecule has 6 nitrogen and oxygen atoms in total. The fraction of sp³-hybridized carbons (Fsp3) is 0.476. The summed E-state index contributed by atoms with van der Waals surface area (Å²) in [6.45, 7) is 9.69. The Kier molecular flexibility index (Phi) is 5.94. The highest BCUT2D eigenvalue weighted by atomic mass is 16.5. The molecule has 0 atom stereocenters. The van der Waals surface area contributed by atoms with E-state index in [1.807, 2.05) is 49.9 Å². The number of aromatic nitrogens is 2. The van der Waals surface area contributed by atoms with Crippen LogP contribution in [0, 0.1) is 12.8 Å². The van der Waals surface area contributed by atoms with Gasteiger partial charge < -0.3 is 15.0 Å². The van der Waals surface area contributed by atoms with Crippen LogP contribution in [0.4, 0.5) is 11.6 Å². The number of amides is 1. The number of rotatable bonds is 5. The Labute approximate surface area is 161 Å². The number of hydrogen-bond acceptors (Lipinski definition) is 5.